The molecule has 0 aromatic rings. The fraction of sp³-hybridized carbons (Fsp3) is 0.636. The van der Waals surface area contributed by atoms with Crippen LogP contribution in [-0.2, 0) is 0 Å². The minimum absolute atomic E-state index is 0.661. The topological polar surface area (TPSA) is 26.0 Å². The van der Waals surface area contributed by atoms with E-state index in [1.807, 2.05) is 0 Å². The molecule has 0 unspecified atom stereocenters. The number of rotatable bonds is 3. The van der Waals surface area contributed by atoms with E-state index < -0.39 is 0 Å². The summed E-state index contributed by atoms with van der Waals surface area (Å²) in [5, 5.41) is 0. The summed E-state index contributed by atoms with van der Waals surface area (Å²) in [4.78, 5) is 0. The molecule has 0 saturated heterocycles. The minimum atomic E-state index is 0.661. The fourth-order valence-corrected chi connectivity index (χ4v) is 0.676. The zero-order valence-corrected chi connectivity index (χ0v) is 7.82. The van der Waals surface area contributed by atoms with Crippen LogP contribution in [0.5, 0.6) is 0 Å². The summed E-state index contributed by atoms with van der Waals surface area (Å²) in [5.41, 5.74) is 5.28. The Morgan fingerprint density at radius 3 is 1.83 bits per heavy atom. The Balaban J connectivity index is 3.23. The van der Waals surface area contributed by atoms with Gasteiger partial charge in [-0.05, 0) is 6.42 Å². The molecule has 0 saturated carbocycles. The van der Waals surface area contributed by atoms with E-state index in [-0.39, 0.29) is 0 Å². The summed E-state index contributed by atoms with van der Waals surface area (Å²) in [6, 6.07) is 0. The summed E-state index contributed by atoms with van der Waals surface area (Å²) >= 11 is 0. The molecule has 0 aromatic heterocycles. The number of unbranched alkanes of at least 4 members (excludes halogenated alkanes) is 2. The van der Waals surface area contributed by atoms with Gasteiger partial charge in [0, 0.05) is 32.2 Å². The fourth-order valence-electron chi connectivity index (χ4n) is 0.676. The van der Waals surface area contributed by atoms with Crippen molar-refractivity contribution in [2.75, 3.05) is 6.54 Å². The molecular weight excluding hydrogens is 146 g/mol. The van der Waals surface area contributed by atoms with Crippen LogP contribution in [0.4, 0.5) is 0 Å². The lowest BCUT2D eigenvalue weighted by Gasteiger charge is -1.81. The summed E-state index contributed by atoms with van der Waals surface area (Å²) in [6.45, 7) is 2.80. The highest BCUT2D eigenvalue weighted by molar-refractivity contribution is 5.05. The first-order valence-corrected chi connectivity index (χ1v) is 4.53. The normalized spacial score (nSPS) is 7.83. The minimum Gasteiger partial charge on any atom is -0.330 e. The van der Waals surface area contributed by atoms with Gasteiger partial charge in [-0.1, -0.05) is 6.92 Å². The van der Waals surface area contributed by atoms with Crippen LogP contribution in [0.2, 0.25) is 0 Å². The molecule has 66 valence electrons. The molecule has 0 aliphatic heterocycles. The highest BCUT2D eigenvalue weighted by Gasteiger charge is 1.75. The van der Waals surface area contributed by atoms with Gasteiger partial charge >= 0.3 is 0 Å². The van der Waals surface area contributed by atoms with E-state index in [0.29, 0.717) is 6.54 Å². The smallest absolute Gasteiger partial charge is 0.0212 e. The van der Waals surface area contributed by atoms with Gasteiger partial charge in [0.2, 0.25) is 0 Å². The Labute approximate surface area is 75.7 Å². The number of hydrogen-bond acceptors (Lipinski definition) is 1. The maximum atomic E-state index is 5.28. The first-order valence-electron chi connectivity index (χ1n) is 4.53. The van der Waals surface area contributed by atoms with E-state index in [4.69, 9.17) is 5.73 Å². The van der Waals surface area contributed by atoms with Crippen molar-refractivity contribution in [3.63, 3.8) is 0 Å². The summed E-state index contributed by atoms with van der Waals surface area (Å²) in [6.07, 6.45) is 4.75. The molecule has 0 heterocycles. The molecule has 0 aromatic carbocycles. The molecule has 0 spiro atoms. The Kier molecular flexibility index (Phi) is 9.31. The van der Waals surface area contributed by atoms with Gasteiger partial charge in [-0.25, -0.2) is 0 Å². The predicted molar refractivity (Wildman–Crippen MR) is 53.4 cm³/mol. The number of nitrogens with two attached hydrogens (primary N) is 1. The van der Waals surface area contributed by atoms with E-state index in [0.717, 1.165) is 32.1 Å². The van der Waals surface area contributed by atoms with Gasteiger partial charge in [-0.15, -0.1) is 23.7 Å². The maximum absolute atomic E-state index is 5.28. The molecule has 1 heteroatoms. The average Bonchev–Trinajstić information content (AvgIpc) is 2.10. The van der Waals surface area contributed by atoms with Crippen LogP contribution in [0, 0.1) is 23.7 Å². The molecule has 1 nitrogen and oxygen atoms in total. The second kappa shape index (κ2) is 10.1. The van der Waals surface area contributed by atoms with Gasteiger partial charge in [0.05, 0.1) is 0 Å². The first kappa shape index (κ1) is 11.1. The van der Waals surface area contributed by atoms with E-state index in [9.17, 15) is 0 Å². The molecule has 0 radical (unpaired) electrons. The van der Waals surface area contributed by atoms with Crippen molar-refractivity contribution in [2.45, 2.75) is 39.0 Å². The Hall–Kier alpha value is -0.920. The molecule has 0 amide bonds. The zero-order chi connectivity index (χ0) is 9.07. The average molecular weight is 163 g/mol. The second-order valence-corrected chi connectivity index (χ2v) is 2.50. The van der Waals surface area contributed by atoms with Gasteiger partial charge in [-0.3, -0.25) is 0 Å². The van der Waals surface area contributed by atoms with E-state index >= 15 is 0 Å². The van der Waals surface area contributed by atoms with E-state index in [1.54, 1.807) is 0 Å². The van der Waals surface area contributed by atoms with Crippen LogP contribution in [0.1, 0.15) is 39.0 Å². The zero-order valence-electron chi connectivity index (χ0n) is 7.82. The molecular formula is C11H17N. The Bertz CT molecular complexity index is 173. The first-order chi connectivity index (χ1) is 5.91. The monoisotopic (exact) mass is 163 g/mol. The van der Waals surface area contributed by atoms with Crippen LogP contribution in [-0.4, -0.2) is 6.54 Å². The molecule has 0 bridgehead atoms. The molecule has 0 fully saturated rings. The van der Waals surface area contributed by atoms with Crippen LogP contribution >= 0.6 is 0 Å². The maximum Gasteiger partial charge on any atom is 0.0212 e. The lowest BCUT2D eigenvalue weighted by atomic mass is 10.3. The third-order valence-electron chi connectivity index (χ3n) is 1.27. The van der Waals surface area contributed by atoms with E-state index in [1.165, 1.54) is 0 Å². The molecule has 2 N–H and O–H groups in total. The van der Waals surface area contributed by atoms with Crippen molar-refractivity contribution in [1.82, 2.24) is 0 Å². The lowest BCUT2D eigenvalue weighted by molar-refractivity contribution is 0.978. The summed E-state index contributed by atoms with van der Waals surface area (Å²) in [5.74, 6) is 12.2. The molecule has 0 aliphatic rings. The predicted octanol–water partition coefficient (Wildman–Crippen LogP) is 1.92. The van der Waals surface area contributed by atoms with Gasteiger partial charge in [0.25, 0.3) is 0 Å². The van der Waals surface area contributed by atoms with Gasteiger partial charge in [0.1, 0.15) is 0 Å². The van der Waals surface area contributed by atoms with Crippen molar-refractivity contribution in [3.8, 4) is 23.7 Å². The highest BCUT2D eigenvalue weighted by atomic mass is 14.5. The number of hydrogen-bond donors (Lipinski definition) is 1. The van der Waals surface area contributed by atoms with Crippen molar-refractivity contribution in [1.29, 1.82) is 0 Å². The Morgan fingerprint density at radius 1 is 0.833 bits per heavy atom. The van der Waals surface area contributed by atoms with Crippen LogP contribution in [0.3, 0.4) is 0 Å². The second-order valence-electron chi connectivity index (χ2n) is 2.50. The molecule has 0 rings (SSSR count). The van der Waals surface area contributed by atoms with Crippen molar-refractivity contribution in [2.24, 2.45) is 5.73 Å². The highest BCUT2D eigenvalue weighted by Crippen LogP contribution is 1.86. The van der Waals surface area contributed by atoms with Gasteiger partial charge in [0.15, 0.2) is 0 Å². The molecule has 0 aliphatic carbocycles. The van der Waals surface area contributed by atoms with Crippen LogP contribution < -0.4 is 5.73 Å². The van der Waals surface area contributed by atoms with Crippen molar-refractivity contribution >= 4 is 0 Å². The molecule has 0 atom stereocenters. The van der Waals surface area contributed by atoms with E-state index in [2.05, 4.69) is 30.6 Å². The lowest BCUT2D eigenvalue weighted by Crippen LogP contribution is -1.95. The standard InChI is InChI=1S/C11H17N/c1-2-3-4-5-6-7-8-9-10-11-12/h2-3,6-7,10-12H2,1H3. The third kappa shape index (κ3) is 9.08. The van der Waals surface area contributed by atoms with Crippen molar-refractivity contribution < 1.29 is 0 Å². The van der Waals surface area contributed by atoms with Crippen molar-refractivity contribution in [3.05, 3.63) is 0 Å². The summed E-state index contributed by atoms with van der Waals surface area (Å²) < 4.78 is 0. The largest absolute Gasteiger partial charge is 0.330 e. The van der Waals surface area contributed by atoms with Gasteiger partial charge in [-0.2, -0.15) is 0 Å². The summed E-state index contributed by atoms with van der Waals surface area (Å²) in [7, 11) is 0. The Morgan fingerprint density at radius 2 is 1.33 bits per heavy atom. The molecule has 12 heavy (non-hydrogen) atoms. The quantitative estimate of drug-likeness (QED) is 0.499. The SMILES string of the molecule is CCCC#CCCC#CCCN. The van der Waals surface area contributed by atoms with Crippen LogP contribution in [0.25, 0.3) is 0 Å². The van der Waals surface area contributed by atoms with Crippen LogP contribution in [0.15, 0.2) is 0 Å². The van der Waals surface area contributed by atoms with Gasteiger partial charge < -0.3 is 5.73 Å². The third-order valence-corrected chi connectivity index (χ3v) is 1.27.